The third-order valence-corrected chi connectivity index (χ3v) is 5.09. The van der Waals surface area contributed by atoms with E-state index >= 15 is 0 Å². The maximum atomic E-state index is 12.2. The Kier molecular flexibility index (Phi) is 4.29. The number of fused-ring (bicyclic) bond motifs is 1. The van der Waals surface area contributed by atoms with Gasteiger partial charge in [0.2, 0.25) is 5.91 Å². The fourth-order valence-corrected chi connectivity index (χ4v) is 3.88. The van der Waals surface area contributed by atoms with Crippen molar-refractivity contribution in [2.75, 3.05) is 18.4 Å². The number of rotatable bonds is 3. The van der Waals surface area contributed by atoms with Gasteiger partial charge in [-0.05, 0) is 48.6 Å². The Labute approximate surface area is 133 Å². The number of benzene rings is 1. The summed E-state index contributed by atoms with van der Waals surface area (Å²) in [6, 6.07) is 9.70. The van der Waals surface area contributed by atoms with Crippen LogP contribution in [0.25, 0.3) is 0 Å². The normalized spacial score (nSPS) is 18.3. The van der Waals surface area contributed by atoms with Gasteiger partial charge < -0.3 is 5.32 Å². The number of halogens is 1. The summed E-state index contributed by atoms with van der Waals surface area (Å²) in [7, 11) is 0. The standard InChI is InChI=1S/C16H17ClN2OS/c1-11-14-6-8-21-15(14)5-7-19(11)10-16(20)18-13-4-2-3-12(17)9-13/h2-4,6,8-9,11H,5,7,10H2,1H3,(H,18,20)/t11-/m0/s1. The third kappa shape index (κ3) is 3.28. The fraction of sp³-hybridized carbons (Fsp3) is 0.312. The molecule has 0 saturated carbocycles. The first-order chi connectivity index (χ1) is 10.1. The highest BCUT2D eigenvalue weighted by atomic mass is 35.5. The minimum absolute atomic E-state index is 0.00259. The van der Waals surface area contributed by atoms with Crippen LogP contribution < -0.4 is 5.32 Å². The number of hydrogen-bond donors (Lipinski definition) is 1. The van der Waals surface area contributed by atoms with Gasteiger partial charge in [-0.3, -0.25) is 9.69 Å². The molecule has 1 aliphatic heterocycles. The van der Waals surface area contributed by atoms with Crippen molar-refractivity contribution in [1.29, 1.82) is 0 Å². The Morgan fingerprint density at radius 2 is 2.33 bits per heavy atom. The SMILES string of the molecule is C[C@H]1c2ccsc2CCN1CC(=O)Nc1cccc(Cl)c1. The number of anilines is 1. The largest absolute Gasteiger partial charge is 0.325 e. The molecule has 5 heteroatoms. The molecule has 0 saturated heterocycles. The topological polar surface area (TPSA) is 32.3 Å². The van der Waals surface area contributed by atoms with Crippen molar-refractivity contribution in [3.05, 3.63) is 51.2 Å². The number of hydrogen-bond acceptors (Lipinski definition) is 3. The Morgan fingerprint density at radius 3 is 3.14 bits per heavy atom. The molecular weight excluding hydrogens is 304 g/mol. The molecule has 1 N–H and O–H groups in total. The van der Waals surface area contributed by atoms with Gasteiger partial charge in [-0.25, -0.2) is 0 Å². The molecule has 2 aromatic rings. The summed E-state index contributed by atoms with van der Waals surface area (Å²) in [6.07, 6.45) is 1.03. The summed E-state index contributed by atoms with van der Waals surface area (Å²) in [4.78, 5) is 15.9. The first kappa shape index (κ1) is 14.6. The van der Waals surface area contributed by atoms with Gasteiger partial charge >= 0.3 is 0 Å². The van der Waals surface area contributed by atoms with Crippen LogP contribution in [0, 0.1) is 0 Å². The van der Waals surface area contributed by atoms with Crippen LogP contribution in [0.3, 0.4) is 0 Å². The van der Waals surface area contributed by atoms with Crippen molar-refractivity contribution in [2.45, 2.75) is 19.4 Å². The van der Waals surface area contributed by atoms with Crippen molar-refractivity contribution in [3.63, 3.8) is 0 Å². The molecule has 0 radical (unpaired) electrons. The van der Waals surface area contributed by atoms with Gasteiger partial charge in [0.25, 0.3) is 0 Å². The third-order valence-electron chi connectivity index (χ3n) is 3.86. The molecule has 0 aliphatic carbocycles. The lowest BCUT2D eigenvalue weighted by atomic mass is 10.0. The smallest absolute Gasteiger partial charge is 0.238 e. The number of nitrogens with one attached hydrogen (secondary N) is 1. The van der Waals surface area contributed by atoms with Crippen LogP contribution in [0.15, 0.2) is 35.7 Å². The molecule has 3 rings (SSSR count). The van der Waals surface area contributed by atoms with Crippen LogP contribution in [0.2, 0.25) is 5.02 Å². The molecule has 0 unspecified atom stereocenters. The molecule has 0 spiro atoms. The Hall–Kier alpha value is -1.36. The molecule has 1 aliphatic rings. The lowest BCUT2D eigenvalue weighted by molar-refractivity contribution is -0.117. The van der Waals surface area contributed by atoms with E-state index in [2.05, 4.69) is 28.6 Å². The molecule has 1 aromatic carbocycles. The summed E-state index contributed by atoms with van der Waals surface area (Å²) < 4.78 is 0. The van der Waals surface area contributed by atoms with Gasteiger partial charge in [0.1, 0.15) is 0 Å². The monoisotopic (exact) mass is 320 g/mol. The minimum atomic E-state index is 0.00259. The average Bonchev–Trinajstić information content (AvgIpc) is 2.91. The molecule has 1 aromatic heterocycles. The van der Waals surface area contributed by atoms with Crippen molar-refractivity contribution in [1.82, 2.24) is 4.90 Å². The van der Waals surface area contributed by atoms with Crippen molar-refractivity contribution in [2.24, 2.45) is 0 Å². The van der Waals surface area contributed by atoms with Crippen molar-refractivity contribution < 1.29 is 4.79 Å². The van der Waals surface area contributed by atoms with Crippen LogP contribution in [-0.2, 0) is 11.2 Å². The van der Waals surface area contributed by atoms with Crippen molar-refractivity contribution >= 4 is 34.5 Å². The van der Waals surface area contributed by atoms with E-state index in [0.717, 1.165) is 18.7 Å². The zero-order chi connectivity index (χ0) is 14.8. The van der Waals surface area contributed by atoms with E-state index in [1.165, 1.54) is 10.4 Å². The van der Waals surface area contributed by atoms with E-state index in [4.69, 9.17) is 11.6 Å². The van der Waals surface area contributed by atoms with Crippen LogP contribution in [0.1, 0.15) is 23.4 Å². The number of carbonyl (C=O) groups is 1. The molecule has 0 bridgehead atoms. The van der Waals surface area contributed by atoms with Crippen LogP contribution in [-0.4, -0.2) is 23.9 Å². The first-order valence-electron chi connectivity index (χ1n) is 6.99. The van der Waals surface area contributed by atoms with Gasteiger partial charge in [0.05, 0.1) is 6.54 Å². The number of carbonyl (C=O) groups excluding carboxylic acids is 1. The zero-order valence-corrected chi connectivity index (χ0v) is 13.4. The summed E-state index contributed by atoms with van der Waals surface area (Å²) >= 11 is 7.74. The summed E-state index contributed by atoms with van der Waals surface area (Å²) in [5.74, 6) is 0.00259. The Balaban J connectivity index is 1.63. The number of amides is 1. The lowest BCUT2D eigenvalue weighted by Crippen LogP contribution is -2.39. The molecule has 110 valence electrons. The second kappa shape index (κ2) is 6.18. The van der Waals surface area contributed by atoms with Gasteiger partial charge in [0, 0.05) is 28.2 Å². The predicted octanol–water partition coefficient (Wildman–Crippen LogP) is 3.96. The quantitative estimate of drug-likeness (QED) is 0.928. The van der Waals surface area contributed by atoms with Crippen LogP contribution in [0.4, 0.5) is 5.69 Å². The fourth-order valence-electron chi connectivity index (χ4n) is 2.73. The predicted molar refractivity (Wildman–Crippen MR) is 88.1 cm³/mol. The van der Waals surface area contributed by atoms with Crippen molar-refractivity contribution in [3.8, 4) is 0 Å². The highest BCUT2D eigenvalue weighted by Crippen LogP contribution is 2.32. The van der Waals surface area contributed by atoms with E-state index in [1.54, 1.807) is 12.1 Å². The number of thiophene rings is 1. The van der Waals surface area contributed by atoms with E-state index in [-0.39, 0.29) is 5.91 Å². The first-order valence-corrected chi connectivity index (χ1v) is 8.25. The molecule has 3 nitrogen and oxygen atoms in total. The van der Waals surface area contributed by atoms with E-state index in [9.17, 15) is 4.79 Å². The lowest BCUT2D eigenvalue weighted by Gasteiger charge is -2.32. The maximum absolute atomic E-state index is 12.2. The second-order valence-electron chi connectivity index (χ2n) is 5.25. The van der Waals surface area contributed by atoms with E-state index in [1.807, 2.05) is 23.5 Å². The summed E-state index contributed by atoms with van der Waals surface area (Å²) in [6.45, 7) is 3.50. The van der Waals surface area contributed by atoms with Gasteiger partial charge in [-0.2, -0.15) is 0 Å². The zero-order valence-electron chi connectivity index (χ0n) is 11.8. The van der Waals surface area contributed by atoms with Gasteiger partial charge in [0.15, 0.2) is 0 Å². The molecular formula is C16H17ClN2OS. The van der Waals surface area contributed by atoms with Gasteiger partial charge in [-0.15, -0.1) is 11.3 Å². The highest BCUT2D eigenvalue weighted by molar-refractivity contribution is 7.10. The molecule has 1 amide bonds. The molecule has 2 heterocycles. The van der Waals surface area contributed by atoms with E-state index in [0.29, 0.717) is 17.6 Å². The van der Waals surface area contributed by atoms with E-state index < -0.39 is 0 Å². The summed E-state index contributed by atoms with van der Waals surface area (Å²) in [5.41, 5.74) is 2.11. The van der Waals surface area contributed by atoms with Gasteiger partial charge in [-0.1, -0.05) is 17.7 Å². The maximum Gasteiger partial charge on any atom is 0.238 e. The Morgan fingerprint density at radius 1 is 1.48 bits per heavy atom. The second-order valence-corrected chi connectivity index (χ2v) is 6.69. The average molecular weight is 321 g/mol. The highest BCUT2D eigenvalue weighted by Gasteiger charge is 2.26. The van der Waals surface area contributed by atoms with Crippen LogP contribution >= 0.6 is 22.9 Å². The summed E-state index contributed by atoms with van der Waals surface area (Å²) in [5, 5.41) is 5.67. The van der Waals surface area contributed by atoms with Crippen LogP contribution in [0.5, 0.6) is 0 Å². The number of nitrogens with zero attached hydrogens (tertiary/aromatic N) is 1. The Bertz CT molecular complexity index is 655. The molecule has 0 fully saturated rings. The molecule has 1 atom stereocenters. The molecule has 21 heavy (non-hydrogen) atoms. The minimum Gasteiger partial charge on any atom is -0.325 e.